The minimum atomic E-state index is 0.281. The molecule has 0 saturated carbocycles. The third kappa shape index (κ3) is 1.49. The lowest BCUT2D eigenvalue weighted by atomic mass is 9.98. The highest BCUT2D eigenvalue weighted by Crippen LogP contribution is 2.26. The Kier molecular flexibility index (Phi) is 2.13. The van der Waals surface area contributed by atoms with E-state index in [1.807, 2.05) is 0 Å². The first-order valence-electron chi connectivity index (χ1n) is 4.40. The van der Waals surface area contributed by atoms with Gasteiger partial charge in [0.25, 0.3) is 0 Å². The minimum absolute atomic E-state index is 0.281. The molecule has 1 saturated heterocycles. The molecule has 1 aromatic rings. The molecule has 1 aliphatic rings. The Bertz CT molecular complexity index is 286. The van der Waals surface area contributed by atoms with Gasteiger partial charge < -0.3 is 10.5 Å². The summed E-state index contributed by atoms with van der Waals surface area (Å²) in [5.74, 6) is 0.804. The molecule has 1 aliphatic heterocycles. The van der Waals surface area contributed by atoms with Gasteiger partial charge in [-0.1, -0.05) is 12.0 Å². The van der Waals surface area contributed by atoms with Gasteiger partial charge in [-0.15, -0.1) is 0 Å². The number of nitrogens with zero attached hydrogens (tertiary/aromatic N) is 4. The van der Waals surface area contributed by atoms with Crippen LogP contribution in [0.3, 0.4) is 0 Å². The van der Waals surface area contributed by atoms with Gasteiger partial charge in [0.05, 0.1) is 12.6 Å². The summed E-state index contributed by atoms with van der Waals surface area (Å²) in [7, 11) is 0. The van der Waals surface area contributed by atoms with Crippen molar-refractivity contribution in [2.24, 2.45) is 5.92 Å². The van der Waals surface area contributed by atoms with Crippen LogP contribution in [0.15, 0.2) is 0 Å². The van der Waals surface area contributed by atoms with Gasteiger partial charge in [-0.3, -0.25) is 0 Å². The van der Waals surface area contributed by atoms with E-state index in [0.717, 1.165) is 19.6 Å². The fourth-order valence-corrected chi connectivity index (χ4v) is 1.67. The number of ether oxygens (including phenoxy) is 1. The molecule has 6 heteroatoms. The van der Waals surface area contributed by atoms with E-state index in [4.69, 9.17) is 10.5 Å². The highest BCUT2D eigenvalue weighted by molar-refractivity contribution is 5.11. The number of anilines is 1. The Balaban J connectivity index is 2.19. The zero-order valence-corrected chi connectivity index (χ0v) is 7.55. The summed E-state index contributed by atoms with van der Waals surface area (Å²) >= 11 is 0. The molecule has 0 radical (unpaired) electrons. The summed E-state index contributed by atoms with van der Waals surface area (Å²) < 4.78 is 7.01. The molecular formula is C7H13N5O. The maximum atomic E-state index is 5.62. The molecule has 0 spiro atoms. The normalized spacial score (nSPS) is 29.0. The van der Waals surface area contributed by atoms with Crippen LogP contribution in [0, 0.1) is 5.92 Å². The van der Waals surface area contributed by atoms with Crippen molar-refractivity contribution in [1.29, 1.82) is 0 Å². The minimum Gasteiger partial charge on any atom is -0.381 e. The molecule has 1 aromatic heterocycles. The van der Waals surface area contributed by atoms with Crippen LogP contribution in [-0.2, 0) is 4.74 Å². The molecule has 1 fully saturated rings. The first kappa shape index (κ1) is 8.43. The molecular weight excluding hydrogens is 170 g/mol. The summed E-state index contributed by atoms with van der Waals surface area (Å²) in [6.45, 7) is 3.63. The standard InChI is InChI=1S/C7H13N5O/c1-5-4-13-3-2-6(5)12-7(8)9-10-11-12/h5-6H,2-4H2,1H3,(H2,8,9,11). The molecule has 0 bridgehead atoms. The molecule has 2 heterocycles. The molecule has 0 aromatic carbocycles. The SMILES string of the molecule is CC1COCCC1n1nnnc1N. The zero-order valence-electron chi connectivity index (χ0n) is 7.55. The first-order chi connectivity index (χ1) is 6.29. The Hall–Kier alpha value is -1.17. The number of nitrogens with two attached hydrogens (primary N) is 1. The molecule has 2 unspecified atom stereocenters. The number of rotatable bonds is 1. The summed E-state index contributed by atoms with van der Waals surface area (Å²) in [6.07, 6.45) is 0.927. The fraction of sp³-hybridized carbons (Fsp3) is 0.857. The molecule has 0 aliphatic carbocycles. The summed E-state index contributed by atoms with van der Waals surface area (Å²) in [5, 5.41) is 11.1. The van der Waals surface area contributed by atoms with Gasteiger partial charge in [0.1, 0.15) is 0 Å². The van der Waals surface area contributed by atoms with E-state index in [1.165, 1.54) is 0 Å². The molecule has 72 valence electrons. The predicted molar refractivity (Wildman–Crippen MR) is 45.9 cm³/mol. The lowest BCUT2D eigenvalue weighted by Crippen LogP contribution is -2.29. The van der Waals surface area contributed by atoms with Crippen LogP contribution in [0.4, 0.5) is 5.95 Å². The Labute approximate surface area is 76.1 Å². The number of hydrogen-bond donors (Lipinski definition) is 1. The molecule has 6 nitrogen and oxygen atoms in total. The first-order valence-corrected chi connectivity index (χ1v) is 4.40. The average molecular weight is 183 g/mol. The summed E-state index contributed by atoms with van der Waals surface area (Å²) in [4.78, 5) is 0. The topological polar surface area (TPSA) is 78.8 Å². The highest BCUT2D eigenvalue weighted by atomic mass is 16.5. The van der Waals surface area contributed by atoms with Crippen LogP contribution >= 0.6 is 0 Å². The fourth-order valence-electron chi connectivity index (χ4n) is 1.67. The van der Waals surface area contributed by atoms with E-state index in [0.29, 0.717) is 11.9 Å². The molecule has 2 N–H and O–H groups in total. The molecule has 0 amide bonds. The zero-order chi connectivity index (χ0) is 9.26. The van der Waals surface area contributed by atoms with E-state index in [-0.39, 0.29) is 6.04 Å². The van der Waals surface area contributed by atoms with Crippen molar-refractivity contribution in [3.63, 3.8) is 0 Å². The van der Waals surface area contributed by atoms with Crippen LogP contribution in [0.25, 0.3) is 0 Å². The van der Waals surface area contributed by atoms with Crippen molar-refractivity contribution in [3.8, 4) is 0 Å². The summed E-state index contributed by atoms with van der Waals surface area (Å²) in [6, 6.07) is 0.281. The van der Waals surface area contributed by atoms with Gasteiger partial charge in [0.15, 0.2) is 0 Å². The van der Waals surface area contributed by atoms with Crippen LogP contribution in [0.1, 0.15) is 19.4 Å². The van der Waals surface area contributed by atoms with Crippen LogP contribution in [0.5, 0.6) is 0 Å². The Morgan fingerprint density at radius 3 is 3.08 bits per heavy atom. The van der Waals surface area contributed by atoms with Gasteiger partial charge in [-0.05, 0) is 16.8 Å². The van der Waals surface area contributed by atoms with E-state index in [1.54, 1.807) is 4.68 Å². The van der Waals surface area contributed by atoms with Gasteiger partial charge in [0.2, 0.25) is 5.95 Å². The second kappa shape index (κ2) is 3.29. The quantitative estimate of drug-likeness (QED) is 0.655. The third-order valence-electron chi connectivity index (χ3n) is 2.43. The van der Waals surface area contributed by atoms with Gasteiger partial charge >= 0.3 is 0 Å². The number of tetrazole rings is 1. The van der Waals surface area contributed by atoms with E-state index in [9.17, 15) is 0 Å². The second-order valence-corrected chi connectivity index (χ2v) is 3.39. The van der Waals surface area contributed by atoms with E-state index in [2.05, 4.69) is 22.4 Å². The van der Waals surface area contributed by atoms with Crippen LogP contribution in [-0.4, -0.2) is 33.4 Å². The van der Waals surface area contributed by atoms with Gasteiger partial charge in [-0.25, -0.2) is 4.68 Å². The molecule has 2 rings (SSSR count). The predicted octanol–water partition coefficient (Wildman–Crippen LogP) is -0.147. The number of nitrogen functional groups attached to an aromatic ring is 1. The summed E-state index contributed by atoms with van der Waals surface area (Å²) in [5.41, 5.74) is 5.62. The van der Waals surface area contributed by atoms with E-state index >= 15 is 0 Å². The average Bonchev–Trinajstić information content (AvgIpc) is 2.52. The van der Waals surface area contributed by atoms with Gasteiger partial charge in [0, 0.05) is 12.5 Å². The highest BCUT2D eigenvalue weighted by Gasteiger charge is 2.25. The van der Waals surface area contributed by atoms with Crippen molar-refractivity contribution >= 4 is 5.95 Å². The second-order valence-electron chi connectivity index (χ2n) is 3.39. The smallest absolute Gasteiger partial charge is 0.240 e. The number of hydrogen-bond acceptors (Lipinski definition) is 5. The third-order valence-corrected chi connectivity index (χ3v) is 2.43. The lowest BCUT2D eigenvalue weighted by Gasteiger charge is -2.28. The van der Waals surface area contributed by atoms with Crippen LogP contribution < -0.4 is 5.73 Å². The van der Waals surface area contributed by atoms with Crippen molar-refractivity contribution in [3.05, 3.63) is 0 Å². The van der Waals surface area contributed by atoms with Crippen molar-refractivity contribution in [1.82, 2.24) is 20.2 Å². The monoisotopic (exact) mass is 183 g/mol. The van der Waals surface area contributed by atoms with E-state index < -0.39 is 0 Å². The van der Waals surface area contributed by atoms with Gasteiger partial charge in [-0.2, -0.15) is 0 Å². The number of aromatic nitrogens is 4. The lowest BCUT2D eigenvalue weighted by molar-refractivity contribution is 0.0251. The molecule has 2 atom stereocenters. The van der Waals surface area contributed by atoms with Crippen molar-refractivity contribution in [2.75, 3.05) is 18.9 Å². The maximum Gasteiger partial charge on any atom is 0.240 e. The Morgan fingerprint density at radius 2 is 2.46 bits per heavy atom. The largest absolute Gasteiger partial charge is 0.381 e. The molecule has 13 heavy (non-hydrogen) atoms. The van der Waals surface area contributed by atoms with Crippen LogP contribution in [0.2, 0.25) is 0 Å². The van der Waals surface area contributed by atoms with Crippen molar-refractivity contribution in [2.45, 2.75) is 19.4 Å². The van der Waals surface area contributed by atoms with Crippen molar-refractivity contribution < 1.29 is 4.74 Å². The Morgan fingerprint density at radius 1 is 1.62 bits per heavy atom. The maximum absolute atomic E-state index is 5.62.